The summed E-state index contributed by atoms with van der Waals surface area (Å²) in [4.78, 5) is 82.2. The van der Waals surface area contributed by atoms with E-state index in [4.69, 9.17) is 27.9 Å². The average Bonchev–Trinajstić information content (AvgIpc) is 3.77. The molecule has 4 N–H and O–H groups in total. The van der Waals surface area contributed by atoms with Gasteiger partial charge in [0.05, 0.1) is 40.2 Å². The standard InChI is InChI=1S/C52H58Cl2FN7O7/c1-50(2)20-22-51(23-21-50)52(29-63,35-13-11-32(53)27-37(35)56-3)43(34-6-5-7-36(54)44(34)55)45(59-51)47(66)57-33-12-16-41(69-28-33)48(67)61-24-18-30(19-25-61)8-9-31-10-14-38-40(26-31)60(4)49(68)62(38)39-15-17-42(64)58-46(39)65/h5-7,10-11,13-14,26-27,29-30,33,39,41,43,45,56,59H,12,15-25,28H2,1-4H3,(H,57,66)(H,58,64,65)/t33?,39?,41-,43-,45+,52+/m0/s1. The van der Waals surface area contributed by atoms with Gasteiger partial charge in [0, 0.05) is 67.3 Å². The van der Waals surface area contributed by atoms with E-state index in [9.17, 15) is 28.8 Å². The molecule has 5 heterocycles. The van der Waals surface area contributed by atoms with Crippen LogP contribution in [0, 0.1) is 29.0 Å². The first kappa shape index (κ1) is 48.5. The molecule has 4 aliphatic heterocycles. The minimum atomic E-state index is -1.43. The molecule has 4 saturated heterocycles. The summed E-state index contributed by atoms with van der Waals surface area (Å²) in [7, 11) is 3.39. The Morgan fingerprint density at radius 1 is 0.942 bits per heavy atom. The summed E-state index contributed by atoms with van der Waals surface area (Å²) in [5.74, 6) is 3.62. The summed E-state index contributed by atoms with van der Waals surface area (Å²) in [6.45, 7) is 5.51. The number of imidazole rings is 1. The molecule has 6 atom stereocenters. The van der Waals surface area contributed by atoms with Gasteiger partial charge in [0.15, 0.2) is 0 Å². The molecule has 17 heteroatoms. The Kier molecular flexibility index (Phi) is 13.4. The van der Waals surface area contributed by atoms with Crippen LogP contribution in [0.25, 0.3) is 11.0 Å². The van der Waals surface area contributed by atoms with Crippen molar-refractivity contribution >= 4 is 69.8 Å². The number of ether oxygens (including phenoxy) is 1. The predicted molar refractivity (Wildman–Crippen MR) is 260 cm³/mol. The van der Waals surface area contributed by atoms with E-state index in [0.29, 0.717) is 78.9 Å². The summed E-state index contributed by atoms with van der Waals surface area (Å²) >= 11 is 12.9. The fourth-order valence-electron chi connectivity index (χ4n) is 11.8. The highest BCUT2D eigenvalue weighted by Crippen LogP contribution is 2.61. The number of piperidine rings is 2. The number of fused-ring (bicyclic) bond motifs is 1. The van der Waals surface area contributed by atoms with Crippen molar-refractivity contribution < 1.29 is 33.1 Å². The third kappa shape index (κ3) is 8.76. The second kappa shape index (κ2) is 19.0. The molecule has 5 aliphatic rings. The van der Waals surface area contributed by atoms with Crippen molar-refractivity contribution in [2.24, 2.45) is 18.4 Å². The maximum atomic E-state index is 16.5. The zero-order chi connectivity index (χ0) is 49.0. The number of nitrogens with zero attached hydrogens (tertiary/aromatic N) is 3. The number of carbonyl (C=O) groups excluding carboxylic acids is 5. The van der Waals surface area contributed by atoms with Gasteiger partial charge in [-0.05, 0) is 111 Å². The van der Waals surface area contributed by atoms with Gasteiger partial charge in [0.2, 0.25) is 17.7 Å². The molecule has 3 aromatic carbocycles. The topological polar surface area (TPSA) is 173 Å². The lowest BCUT2D eigenvalue weighted by Crippen LogP contribution is -2.60. The van der Waals surface area contributed by atoms with Crippen molar-refractivity contribution in [2.45, 2.75) is 119 Å². The molecule has 4 amide bonds. The highest BCUT2D eigenvalue weighted by atomic mass is 35.5. The molecule has 1 saturated carbocycles. The maximum Gasteiger partial charge on any atom is 0.329 e. The average molecular weight is 983 g/mol. The van der Waals surface area contributed by atoms with E-state index in [1.54, 1.807) is 44.4 Å². The molecule has 4 aromatic rings. The zero-order valence-electron chi connectivity index (χ0n) is 39.3. The molecule has 0 radical (unpaired) electrons. The van der Waals surface area contributed by atoms with Crippen LogP contribution in [0.15, 0.2) is 59.4 Å². The monoisotopic (exact) mass is 981 g/mol. The highest BCUT2D eigenvalue weighted by Gasteiger charge is 2.68. The molecule has 69 heavy (non-hydrogen) atoms. The lowest BCUT2D eigenvalue weighted by atomic mass is 9.53. The van der Waals surface area contributed by atoms with Crippen LogP contribution >= 0.6 is 23.2 Å². The number of aromatic nitrogens is 2. The number of likely N-dealkylation sites (tertiary alicyclic amines) is 1. The second-order valence-corrected chi connectivity index (χ2v) is 21.1. The fraction of sp³-hybridized carbons (Fsp3) is 0.500. The minimum Gasteiger partial charge on any atom is -0.388 e. The molecule has 1 spiro atoms. The molecular formula is C52H58Cl2FN7O7. The number of amides is 4. The zero-order valence-corrected chi connectivity index (χ0v) is 40.8. The smallest absolute Gasteiger partial charge is 0.329 e. The van der Waals surface area contributed by atoms with Crippen molar-refractivity contribution in [3.05, 3.63) is 97.6 Å². The van der Waals surface area contributed by atoms with Gasteiger partial charge in [0.1, 0.15) is 24.2 Å². The lowest BCUT2D eigenvalue weighted by molar-refractivity contribution is -0.149. The number of benzene rings is 3. The normalized spacial score (nSPS) is 26.8. The van der Waals surface area contributed by atoms with Crippen molar-refractivity contribution in [1.29, 1.82) is 0 Å². The summed E-state index contributed by atoms with van der Waals surface area (Å²) in [5, 5.41) is 12.8. The molecule has 1 aromatic heterocycles. The van der Waals surface area contributed by atoms with Crippen molar-refractivity contribution in [1.82, 2.24) is 30.0 Å². The SMILES string of the molecule is CNc1cc(Cl)ccc1[C@]1(C=O)[C@@H](c2cccc(Cl)c2F)[C@H](C(=O)NC2CC[C@@H](C(=O)N3CCC(C#Cc4ccc5c(c4)n(C)c(=O)n5C4CCC(=O)NC4=O)CC3)OC2)NC12CCC(C)(C)CC2. The summed E-state index contributed by atoms with van der Waals surface area (Å²) < 4.78 is 25.6. The Bertz CT molecular complexity index is 2840. The van der Waals surface area contributed by atoms with Crippen LogP contribution in [0.3, 0.4) is 0 Å². The Morgan fingerprint density at radius 3 is 2.38 bits per heavy atom. The van der Waals surface area contributed by atoms with Crippen molar-refractivity contribution in [3.63, 3.8) is 0 Å². The molecular weight excluding hydrogens is 925 g/mol. The van der Waals surface area contributed by atoms with Gasteiger partial charge in [0.25, 0.3) is 5.91 Å². The number of imide groups is 1. The second-order valence-electron chi connectivity index (χ2n) is 20.3. The van der Waals surface area contributed by atoms with Gasteiger partial charge < -0.3 is 25.1 Å². The maximum absolute atomic E-state index is 16.5. The van der Waals surface area contributed by atoms with Crippen LogP contribution in [0.4, 0.5) is 10.1 Å². The summed E-state index contributed by atoms with van der Waals surface area (Å²) in [6.07, 6.45) is 5.49. The molecule has 5 fully saturated rings. The molecule has 0 bridgehead atoms. The number of carbonyl (C=O) groups is 5. The molecule has 2 unspecified atom stereocenters. The van der Waals surface area contributed by atoms with Crippen LogP contribution in [0.2, 0.25) is 10.0 Å². The third-order valence-corrected chi connectivity index (χ3v) is 16.2. The van der Waals surface area contributed by atoms with Crippen LogP contribution in [-0.4, -0.2) is 94.4 Å². The number of halogens is 3. The van der Waals surface area contributed by atoms with Gasteiger partial charge in [-0.25, -0.2) is 9.18 Å². The largest absolute Gasteiger partial charge is 0.388 e. The Labute approximate surface area is 410 Å². The Balaban J connectivity index is 0.864. The van der Waals surface area contributed by atoms with Crippen LogP contribution in [-0.2, 0) is 41.2 Å². The van der Waals surface area contributed by atoms with Crippen LogP contribution in [0.5, 0.6) is 0 Å². The van der Waals surface area contributed by atoms with Crippen molar-refractivity contribution in [2.75, 3.05) is 32.1 Å². The van der Waals surface area contributed by atoms with E-state index in [1.165, 1.54) is 15.2 Å². The van der Waals surface area contributed by atoms with E-state index in [0.717, 1.165) is 24.7 Å². The number of aldehydes is 1. The quantitative estimate of drug-likeness (QED) is 0.0900. The number of nitrogens with one attached hydrogen (secondary N) is 4. The number of hydrogen-bond acceptors (Lipinski definition) is 9. The van der Waals surface area contributed by atoms with E-state index < -0.39 is 58.7 Å². The van der Waals surface area contributed by atoms with Gasteiger partial charge >= 0.3 is 5.69 Å². The number of anilines is 1. The third-order valence-electron chi connectivity index (χ3n) is 15.7. The van der Waals surface area contributed by atoms with E-state index in [2.05, 4.69) is 47.0 Å². The van der Waals surface area contributed by atoms with Gasteiger partial charge in [-0.2, -0.15) is 0 Å². The summed E-state index contributed by atoms with van der Waals surface area (Å²) in [5.41, 5.74) is 0.602. The predicted octanol–water partition coefficient (Wildman–Crippen LogP) is 6.29. The minimum absolute atomic E-state index is 0.0129. The van der Waals surface area contributed by atoms with Crippen LogP contribution in [0.1, 0.15) is 107 Å². The molecule has 364 valence electrons. The first-order valence-corrected chi connectivity index (χ1v) is 24.7. The van der Waals surface area contributed by atoms with E-state index in [1.807, 2.05) is 23.1 Å². The van der Waals surface area contributed by atoms with E-state index >= 15 is 4.39 Å². The Morgan fingerprint density at radius 2 is 1.70 bits per heavy atom. The number of aryl methyl sites for hydroxylation is 1. The lowest BCUT2D eigenvalue weighted by Gasteiger charge is -2.51. The van der Waals surface area contributed by atoms with Crippen LogP contribution < -0.4 is 27.0 Å². The molecule has 1 aliphatic carbocycles. The molecule has 14 nitrogen and oxygen atoms in total. The number of hydrogen-bond donors (Lipinski definition) is 4. The van der Waals surface area contributed by atoms with Gasteiger partial charge in [-0.15, -0.1) is 0 Å². The molecule has 9 rings (SSSR count). The fourth-order valence-corrected chi connectivity index (χ4v) is 12.1. The first-order valence-electron chi connectivity index (χ1n) is 23.9. The van der Waals surface area contributed by atoms with Gasteiger partial charge in [-0.1, -0.05) is 67.1 Å². The highest BCUT2D eigenvalue weighted by molar-refractivity contribution is 6.31. The van der Waals surface area contributed by atoms with Crippen molar-refractivity contribution in [3.8, 4) is 11.8 Å². The van der Waals surface area contributed by atoms with Gasteiger partial charge in [-0.3, -0.25) is 38.9 Å². The summed E-state index contributed by atoms with van der Waals surface area (Å²) in [6, 6.07) is 13.2. The first-order chi connectivity index (χ1) is 33.0. The number of rotatable bonds is 8. The van der Waals surface area contributed by atoms with E-state index in [-0.39, 0.29) is 58.9 Å². The Hall–Kier alpha value is -5.53.